The molecule has 0 radical (unpaired) electrons. The van der Waals surface area contributed by atoms with Gasteiger partial charge in [-0.05, 0) is 88.4 Å². The van der Waals surface area contributed by atoms with E-state index in [2.05, 4.69) is 155 Å². The van der Waals surface area contributed by atoms with Gasteiger partial charge < -0.3 is 14.0 Å². The van der Waals surface area contributed by atoms with Crippen LogP contribution >= 0.6 is 0 Å². The zero-order valence-electron chi connectivity index (χ0n) is 38.9. The molecule has 58 heavy (non-hydrogen) atoms. The van der Waals surface area contributed by atoms with Crippen LogP contribution in [0.2, 0.25) is 0 Å². The Kier molecular flexibility index (Phi) is 9.25. The molecule has 1 aliphatic heterocycles. The molecule has 6 heteroatoms. The van der Waals surface area contributed by atoms with Crippen LogP contribution in [0.25, 0.3) is 27.6 Å². The van der Waals surface area contributed by atoms with Crippen molar-refractivity contribution in [3.63, 3.8) is 0 Å². The van der Waals surface area contributed by atoms with Crippen molar-refractivity contribution in [2.75, 3.05) is 0 Å². The molecule has 4 aromatic carbocycles. The number of ether oxygens (including phenoxy) is 2. The molecule has 0 saturated heterocycles. The molecular formula is C52H59N3O2Pt. The number of pyridine rings is 1. The van der Waals surface area contributed by atoms with Gasteiger partial charge in [0.1, 0.15) is 11.7 Å². The van der Waals surface area contributed by atoms with Crippen LogP contribution in [0.5, 0.6) is 11.5 Å². The fourth-order valence-corrected chi connectivity index (χ4v) is 8.82. The van der Waals surface area contributed by atoms with Crippen molar-refractivity contribution in [1.29, 1.82) is 0 Å². The second-order valence-electron chi connectivity index (χ2n) is 20.7. The van der Waals surface area contributed by atoms with Crippen LogP contribution in [0.4, 0.5) is 0 Å². The maximum atomic E-state index is 9.65. The number of nitrogens with zero attached hydrogens (tertiary/aromatic N) is 3. The third-order valence-corrected chi connectivity index (χ3v) is 12.2. The van der Waals surface area contributed by atoms with Gasteiger partial charge in [-0.3, -0.25) is 4.99 Å². The first-order valence-corrected chi connectivity index (χ1v) is 20.3. The standard InChI is InChI=1S/C52H59N3O2.Pt/c1-31-22-34-30-51(15)52(50(12,13)14,42(34)23-32(31)2)57-46(54-51)33-24-37(49(9,10)11)26-39(25-33)56-38-17-18-40-41-27-35(47(3,4)5)16-19-43(41)55(44(40)29-38)45-28-36(20-21-53-45)48(6,7)8;/h16-24,26-28H,30H2,1-15H3;/q-2;+2/t51-,52-;/m1./s1/i30D2;. The van der Waals surface area contributed by atoms with E-state index in [0.717, 1.165) is 49.9 Å². The van der Waals surface area contributed by atoms with Gasteiger partial charge in [-0.15, -0.1) is 29.1 Å². The minimum absolute atomic E-state index is 0. The van der Waals surface area contributed by atoms with Gasteiger partial charge in [-0.1, -0.05) is 131 Å². The summed E-state index contributed by atoms with van der Waals surface area (Å²) in [5.74, 6) is 2.23. The molecule has 1 aliphatic carbocycles. The average molecular weight is 955 g/mol. The van der Waals surface area contributed by atoms with Crippen molar-refractivity contribution in [2.24, 2.45) is 10.4 Å². The number of hydrogen-bond donors (Lipinski definition) is 0. The number of rotatable bonds is 4. The van der Waals surface area contributed by atoms with Crippen LogP contribution in [0.15, 0.2) is 77.9 Å². The second-order valence-corrected chi connectivity index (χ2v) is 20.7. The molecule has 0 fully saturated rings. The summed E-state index contributed by atoms with van der Waals surface area (Å²) in [5, 5.41) is 2.20. The molecule has 0 spiro atoms. The van der Waals surface area contributed by atoms with Crippen molar-refractivity contribution in [3.8, 4) is 17.3 Å². The van der Waals surface area contributed by atoms with E-state index in [-0.39, 0.29) is 37.3 Å². The van der Waals surface area contributed by atoms with Crippen LogP contribution in [-0.2, 0) is 54.0 Å². The SMILES string of the molecule is [2H]C1([2H])c2cc(C)c(C)cc2[C@]2(C(C)(C)C)OC(c3[c-]c(Oc4[c-]c5c(cc4)c4cc(C(C)(C)C)ccc4n5-c4cc(C(C)(C)C)ccn4)cc(C(C)(C)C)c3)=N[C@]12C.[Pt+2]. The van der Waals surface area contributed by atoms with E-state index in [4.69, 9.17) is 19.5 Å². The van der Waals surface area contributed by atoms with Crippen molar-refractivity contribution < 1.29 is 33.3 Å². The number of aryl methyl sites for hydroxylation is 2. The van der Waals surface area contributed by atoms with Gasteiger partial charge in [0, 0.05) is 43.3 Å². The Morgan fingerprint density at radius 3 is 2.03 bits per heavy atom. The van der Waals surface area contributed by atoms with Crippen molar-refractivity contribution in [3.05, 3.63) is 130 Å². The minimum atomic E-state index is -1.80. The molecule has 2 aromatic heterocycles. The molecule has 2 aliphatic rings. The molecular weight excluding hydrogens is 894 g/mol. The summed E-state index contributed by atoms with van der Waals surface area (Å²) in [6, 6.07) is 30.5. The van der Waals surface area contributed by atoms with Gasteiger partial charge in [-0.25, -0.2) is 4.98 Å². The first-order valence-electron chi connectivity index (χ1n) is 21.3. The van der Waals surface area contributed by atoms with Crippen molar-refractivity contribution >= 4 is 27.7 Å². The Labute approximate surface area is 363 Å². The summed E-state index contributed by atoms with van der Waals surface area (Å²) >= 11 is 0. The van der Waals surface area contributed by atoms with E-state index >= 15 is 0 Å². The first-order chi connectivity index (χ1) is 27.2. The number of hydrogen-bond acceptors (Lipinski definition) is 4. The molecule has 0 amide bonds. The quantitative estimate of drug-likeness (QED) is 0.165. The third-order valence-electron chi connectivity index (χ3n) is 12.2. The number of benzene rings is 4. The van der Waals surface area contributed by atoms with E-state index in [1.165, 1.54) is 11.1 Å². The van der Waals surface area contributed by atoms with Gasteiger partial charge in [0.2, 0.25) is 0 Å². The normalized spacial score (nSPS) is 20.8. The number of aromatic nitrogens is 2. The van der Waals surface area contributed by atoms with Gasteiger partial charge in [0.15, 0.2) is 5.60 Å². The summed E-state index contributed by atoms with van der Waals surface area (Å²) in [5.41, 5.74) is 6.50. The Balaban J connectivity index is 0.00000544. The van der Waals surface area contributed by atoms with E-state index in [1.54, 1.807) is 0 Å². The van der Waals surface area contributed by atoms with Crippen LogP contribution < -0.4 is 4.74 Å². The molecule has 0 unspecified atom stereocenters. The zero-order chi connectivity index (χ0) is 43.0. The predicted molar refractivity (Wildman–Crippen MR) is 236 cm³/mol. The molecule has 0 saturated carbocycles. The largest absolute Gasteiger partial charge is 2.00 e. The van der Waals surface area contributed by atoms with Crippen LogP contribution in [0.3, 0.4) is 0 Å². The third kappa shape index (κ3) is 6.74. The Bertz CT molecular complexity index is 2740. The summed E-state index contributed by atoms with van der Waals surface area (Å²) < 4.78 is 35.5. The van der Waals surface area contributed by atoms with E-state index < -0.39 is 22.9 Å². The fraction of sp³-hybridized carbons (Fsp3) is 0.423. The molecule has 304 valence electrons. The maximum absolute atomic E-state index is 9.65. The monoisotopic (exact) mass is 954 g/mol. The Hall–Kier alpha value is -4.21. The molecule has 8 rings (SSSR count). The molecule has 0 bridgehead atoms. The first kappa shape index (κ1) is 39.3. The topological polar surface area (TPSA) is 48.6 Å². The van der Waals surface area contributed by atoms with Gasteiger partial charge in [-0.2, -0.15) is 6.07 Å². The van der Waals surface area contributed by atoms with Gasteiger partial charge >= 0.3 is 21.1 Å². The van der Waals surface area contributed by atoms with Crippen molar-refractivity contribution in [1.82, 2.24) is 9.55 Å². The minimum Gasteiger partial charge on any atom is -0.507 e. The summed E-state index contributed by atoms with van der Waals surface area (Å²) in [7, 11) is 0. The Morgan fingerprint density at radius 2 is 1.38 bits per heavy atom. The summed E-state index contributed by atoms with van der Waals surface area (Å²) in [4.78, 5) is 10.2. The summed E-state index contributed by atoms with van der Waals surface area (Å²) in [6.07, 6.45) is 0.0962. The molecule has 6 aromatic rings. The number of aliphatic imine (C=N–C) groups is 1. The molecule has 3 heterocycles. The second kappa shape index (κ2) is 13.7. The van der Waals surface area contributed by atoms with Gasteiger partial charge in [0.25, 0.3) is 0 Å². The summed E-state index contributed by atoms with van der Waals surface area (Å²) in [6.45, 7) is 32.3. The van der Waals surface area contributed by atoms with E-state index in [0.29, 0.717) is 28.5 Å². The Morgan fingerprint density at radius 1 is 0.724 bits per heavy atom. The van der Waals surface area contributed by atoms with Crippen molar-refractivity contribution in [2.45, 2.75) is 138 Å². The predicted octanol–water partition coefficient (Wildman–Crippen LogP) is 13.1. The smallest absolute Gasteiger partial charge is 0.507 e. The van der Waals surface area contributed by atoms with Crippen LogP contribution in [0, 0.1) is 31.4 Å². The van der Waals surface area contributed by atoms with Crippen LogP contribution in [-0.4, -0.2) is 21.0 Å². The molecule has 0 N–H and O–H groups in total. The van der Waals surface area contributed by atoms with Crippen LogP contribution in [0.1, 0.15) is 137 Å². The zero-order valence-corrected chi connectivity index (χ0v) is 39.2. The van der Waals surface area contributed by atoms with E-state index in [9.17, 15) is 2.74 Å². The molecule has 2 atom stereocenters. The van der Waals surface area contributed by atoms with E-state index in [1.807, 2.05) is 38.2 Å². The number of fused-ring (bicyclic) bond motifs is 6. The maximum Gasteiger partial charge on any atom is 2.00 e. The van der Waals surface area contributed by atoms with Gasteiger partial charge in [0.05, 0.1) is 5.54 Å². The average Bonchev–Trinajstić information content (AvgIpc) is 3.68. The molecule has 5 nitrogen and oxygen atoms in total. The fourth-order valence-electron chi connectivity index (χ4n) is 8.82.